The Kier molecular flexibility index (Phi) is 5.03. The van der Waals surface area contributed by atoms with Gasteiger partial charge in [-0.2, -0.15) is 13.2 Å². The van der Waals surface area contributed by atoms with Crippen molar-refractivity contribution in [1.82, 2.24) is 4.57 Å². The standard InChI is InChI=1S/C16H14ClF3N2O2/c1-9-4-3-5-13(10(9)2)21-14(23)8-22-7-11(16(18,19)20)6-12(17)15(22)24/h3-7H,8H2,1-2H3,(H,21,23). The first-order valence-electron chi connectivity index (χ1n) is 6.93. The maximum atomic E-state index is 12.8. The van der Waals surface area contributed by atoms with Crippen molar-refractivity contribution in [3.63, 3.8) is 0 Å². The number of carbonyl (C=O) groups is 1. The second kappa shape index (κ2) is 6.68. The van der Waals surface area contributed by atoms with Gasteiger partial charge in [0.25, 0.3) is 5.56 Å². The number of pyridine rings is 1. The van der Waals surface area contributed by atoms with Crippen molar-refractivity contribution >= 4 is 23.2 Å². The minimum atomic E-state index is -4.66. The van der Waals surface area contributed by atoms with Crippen molar-refractivity contribution in [2.75, 3.05) is 5.32 Å². The number of aromatic nitrogens is 1. The maximum absolute atomic E-state index is 12.8. The molecular formula is C16H14ClF3N2O2. The van der Waals surface area contributed by atoms with Crippen LogP contribution in [0.2, 0.25) is 5.02 Å². The van der Waals surface area contributed by atoms with Crippen LogP contribution in [0.4, 0.5) is 18.9 Å². The summed E-state index contributed by atoms with van der Waals surface area (Å²) in [7, 11) is 0. The third kappa shape index (κ3) is 3.97. The second-order valence-corrected chi connectivity index (χ2v) is 5.71. The zero-order valence-electron chi connectivity index (χ0n) is 12.9. The van der Waals surface area contributed by atoms with Crippen molar-refractivity contribution in [3.05, 3.63) is 62.5 Å². The molecule has 0 spiro atoms. The van der Waals surface area contributed by atoms with E-state index in [0.717, 1.165) is 11.1 Å². The van der Waals surface area contributed by atoms with Crippen molar-refractivity contribution in [2.24, 2.45) is 0 Å². The van der Waals surface area contributed by atoms with Gasteiger partial charge < -0.3 is 9.88 Å². The van der Waals surface area contributed by atoms with Crippen LogP contribution in [0.15, 0.2) is 35.3 Å². The van der Waals surface area contributed by atoms with Crippen molar-refractivity contribution < 1.29 is 18.0 Å². The molecule has 1 amide bonds. The molecule has 1 heterocycles. The molecule has 0 aliphatic carbocycles. The molecular weight excluding hydrogens is 345 g/mol. The molecule has 24 heavy (non-hydrogen) atoms. The zero-order chi connectivity index (χ0) is 18.1. The molecule has 0 radical (unpaired) electrons. The van der Waals surface area contributed by atoms with E-state index in [2.05, 4.69) is 5.32 Å². The van der Waals surface area contributed by atoms with Gasteiger partial charge in [-0.05, 0) is 37.1 Å². The normalized spacial score (nSPS) is 11.4. The summed E-state index contributed by atoms with van der Waals surface area (Å²) in [6.45, 7) is 3.09. The lowest BCUT2D eigenvalue weighted by atomic mass is 10.1. The van der Waals surface area contributed by atoms with Gasteiger partial charge in [-0.15, -0.1) is 0 Å². The number of hydrogen-bond donors (Lipinski definition) is 1. The van der Waals surface area contributed by atoms with Crippen LogP contribution in [0.1, 0.15) is 16.7 Å². The third-order valence-corrected chi connectivity index (χ3v) is 3.83. The molecule has 0 atom stereocenters. The SMILES string of the molecule is Cc1cccc(NC(=O)Cn2cc(C(F)(F)F)cc(Cl)c2=O)c1C. The summed E-state index contributed by atoms with van der Waals surface area (Å²) in [5.41, 5.74) is 0.367. The van der Waals surface area contributed by atoms with E-state index in [1.165, 1.54) is 0 Å². The molecule has 1 aromatic heterocycles. The number of nitrogens with zero attached hydrogens (tertiary/aromatic N) is 1. The van der Waals surface area contributed by atoms with Gasteiger partial charge in [0.2, 0.25) is 5.91 Å². The van der Waals surface area contributed by atoms with Gasteiger partial charge in [-0.3, -0.25) is 9.59 Å². The quantitative estimate of drug-likeness (QED) is 0.908. The Morgan fingerprint density at radius 2 is 1.96 bits per heavy atom. The van der Waals surface area contributed by atoms with Gasteiger partial charge in [-0.25, -0.2) is 0 Å². The Balaban J connectivity index is 2.27. The van der Waals surface area contributed by atoms with Crippen molar-refractivity contribution in [1.29, 1.82) is 0 Å². The van der Waals surface area contributed by atoms with Gasteiger partial charge in [0.1, 0.15) is 11.6 Å². The Hall–Kier alpha value is -2.28. The number of anilines is 1. The summed E-state index contributed by atoms with van der Waals surface area (Å²) < 4.78 is 39.0. The molecule has 0 fully saturated rings. The lowest BCUT2D eigenvalue weighted by Crippen LogP contribution is -2.29. The first-order valence-corrected chi connectivity index (χ1v) is 7.30. The number of nitrogens with one attached hydrogen (secondary N) is 1. The van der Waals surface area contributed by atoms with E-state index in [1.54, 1.807) is 19.1 Å². The molecule has 0 saturated heterocycles. The number of alkyl halides is 3. The molecule has 128 valence electrons. The van der Waals surface area contributed by atoms with Crippen LogP contribution < -0.4 is 10.9 Å². The highest BCUT2D eigenvalue weighted by atomic mass is 35.5. The molecule has 2 aromatic rings. The van der Waals surface area contributed by atoms with Gasteiger partial charge in [0.05, 0.1) is 5.56 Å². The number of amides is 1. The average Bonchev–Trinajstić information content (AvgIpc) is 2.47. The van der Waals surface area contributed by atoms with E-state index in [1.807, 2.05) is 13.0 Å². The smallest absolute Gasteiger partial charge is 0.324 e. The minimum absolute atomic E-state index is 0.533. The summed E-state index contributed by atoms with van der Waals surface area (Å²) in [6, 6.07) is 5.82. The maximum Gasteiger partial charge on any atom is 0.417 e. The summed E-state index contributed by atoms with van der Waals surface area (Å²) >= 11 is 5.55. The van der Waals surface area contributed by atoms with Crippen molar-refractivity contribution in [3.8, 4) is 0 Å². The summed E-state index contributed by atoms with van der Waals surface area (Å²) in [5, 5.41) is 1.99. The molecule has 4 nitrogen and oxygen atoms in total. The molecule has 0 unspecified atom stereocenters. The third-order valence-electron chi connectivity index (χ3n) is 3.56. The monoisotopic (exact) mass is 358 g/mol. The molecule has 2 rings (SSSR count). The number of benzene rings is 1. The predicted octanol–water partition coefficient (Wildman–Crippen LogP) is 3.78. The Labute approximate surface area is 140 Å². The van der Waals surface area contributed by atoms with E-state index in [9.17, 15) is 22.8 Å². The van der Waals surface area contributed by atoms with Crippen LogP contribution in [0.5, 0.6) is 0 Å². The highest BCUT2D eigenvalue weighted by molar-refractivity contribution is 6.30. The molecule has 1 N–H and O–H groups in total. The van der Waals surface area contributed by atoms with E-state index in [0.29, 0.717) is 22.5 Å². The van der Waals surface area contributed by atoms with Crippen LogP contribution in [-0.4, -0.2) is 10.5 Å². The van der Waals surface area contributed by atoms with E-state index in [-0.39, 0.29) is 0 Å². The number of aryl methyl sites for hydroxylation is 1. The van der Waals surface area contributed by atoms with E-state index in [4.69, 9.17) is 11.6 Å². The number of halogens is 4. The zero-order valence-corrected chi connectivity index (χ0v) is 13.6. The van der Waals surface area contributed by atoms with Gasteiger partial charge >= 0.3 is 6.18 Å². The van der Waals surface area contributed by atoms with Crippen LogP contribution in [0, 0.1) is 13.8 Å². The fourth-order valence-electron chi connectivity index (χ4n) is 2.10. The lowest BCUT2D eigenvalue weighted by molar-refractivity contribution is -0.138. The van der Waals surface area contributed by atoms with Gasteiger partial charge in [0, 0.05) is 11.9 Å². The Morgan fingerprint density at radius 3 is 2.58 bits per heavy atom. The molecule has 1 aromatic carbocycles. The first-order chi connectivity index (χ1) is 11.1. The largest absolute Gasteiger partial charge is 0.417 e. The van der Waals surface area contributed by atoms with E-state index >= 15 is 0 Å². The highest BCUT2D eigenvalue weighted by Crippen LogP contribution is 2.29. The predicted molar refractivity (Wildman–Crippen MR) is 85.3 cm³/mol. The molecule has 0 aliphatic heterocycles. The highest BCUT2D eigenvalue weighted by Gasteiger charge is 2.32. The van der Waals surface area contributed by atoms with Crippen LogP contribution in [-0.2, 0) is 17.5 Å². The number of rotatable bonds is 3. The molecule has 8 heteroatoms. The topological polar surface area (TPSA) is 51.1 Å². The summed E-state index contributed by atoms with van der Waals surface area (Å²) in [5.74, 6) is -0.624. The van der Waals surface area contributed by atoms with Crippen LogP contribution in [0.25, 0.3) is 0 Å². The van der Waals surface area contributed by atoms with Gasteiger partial charge in [0.15, 0.2) is 0 Å². The van der Waals surface area contributed by atoms with Crippen molar-refractivity contribution in [2.45, 2.75) is 26.6 Å². The fourth-order valence-corrected chi connectivity index (χ4v) is 2.33. The molecule has 0 saturated carbocycles. The van der Waals surface area contributed by atoms with Crippen LogP contribution in [0.3, 0.4) is 0 Å². The average molecular weight is 359 g/mol. The fraction of sp³-hybridized carbons (Fsp3) is 0.250. The minimum Gasteiger partial charge on any atom is -0.324 e. The Bertz CT molecular complexity index is 844. The van der Waals surface area contributed by atoms with E-state index < -0.39 is 34.8 Å². The lowest BCUT2D eigenvalue weighted by Gasteiger charge is -2.13. The molecule has 0 aliphatic rings. The Morgan fingerprint density at radius 1 is 1.29 bits per heavy atom. The number of hydrogen-bond acceptors (Lipinski definition) is 2. The van der Waals surface area contributed by atoms with Crippen LogP contribution >= 0.6 is 11.6 Å². The van der Waals surface area contributed by atoms with Gasteiger partial charge in [-0.1, -0.05) is 23.7 Å². The number of carbonyl (C=O) groups excluding carboxylic acids is 1. The second-order valence-electron chi connectivity index (χ2n) is 5.30. The summed E-state index contributed by atoms with van der Waals surface area (Å²) in [6.07, 6.45) is -4.08. The molecule has 0 bridgehead atoms. The summed E-state index contributed by atoms with van der Waals surface area (Å²) in [4.78, 5) is 23.9. The first kappa shape index (κ1) is 18.1.